The Balaban J connectivity index is 2.84. The van der Waals surface area contributed by atoms with Gasteiger partial charge in [0.2, 0.25) is 0 Å². The van der Waals surface area contributed by atoms with Crippen LogP contribution in [0.25, 0.3) is 11.0 Å². The lowest BCUT2D eigenvalue weighted by Crippen LogP contribution is -2.24. The van der Waals surface area contributed by atoms with Gasteiger partial charge in [-0.15, -0.1) is 0 Å². The third kappa shape index (κ3) is 1.83. The average Bonchev–Trinajstić information content (AvgIpc) is 2.60. The van der Waals surface area contributed by atoms with E-state index in [0.29, 0.717) is 5.52 Å². The van der Waals surface area contributed by atoms with E-state index in [-0.39, 0.29) is 11.5 Å². The summed E-state index contributed by atoms with van der Waals surface area (Å²) in [5, 5.41) is 4.42. The highest BCUT2D eigenvalue weighted by atomic mass is 16.1. The molecule has 0 aliphatic heterocycles. The largest absolute Gasteiger partial charge is 0.298 e. The number of nitrogens with zero attached hydrogens (tertiary/aromatic N) is 4. The molecule has 0 aromatic carbocycles. The summed E-state index contributed by atoms with van der Waals surface area (Å²) in [6.07, 6.45) is 1.86. The monoisotopic (exact) mass is 248 g/mol. The van der Waals surface area contributed by atoms with Crippen LogP contribution in [0.3, 0.4) is 0 Å². The van der Waals surface area contributed by atoms with Crippen LogP contribution in [0.5, 0.6) is 0 Å². The van der Waals surface area contributed by atoms with Gasteiger partial charge in [0.25, 0.3) is 5.56 Å². The molecule has 2 heterocycles. The van der Waals surface area contributed by atoms with Crippen LogP contribution in [0, 0.1) is 0 Å². The first-order valence-corrected chi connectivity index (χ1v) is 6.39. The molecule has 0 bridgehead atoms. The first kappa shape index (κ1) is 12.8. The standard InChI is InChI=1S/C13H20N4O/c1-6-7-9-10-11(17(5)15-9)13(18)16(4)12(14-10)8(2)3/h8H,6-7H2,1-5H3. The summed E-state index contributed by atoms with van der Waals surface area (Å²) in [4.78, 5) is 17.0. The number of aromatic nitrogens is 4. The molecule has 0 N–H and O–H groups in total. The van der Waals surface area contributed by atoms with Crippen LogP contribution in [0.1, 0.15) is 44.6 Å². The molecule has 0 saturated heterocycles. The summed E-state index contributed by atoms with van der Waals surface area (Å²) in [6.45, 7) is 6.19. The second-order valence-corrected chi connectivity index (χ2v) is 5.01. The Hall–Kier alpha value is -1.65. The maximum Gasteiger partial charge on any atom is 0.279 e. The molecule has 0 fully saturated rings. The molecule has 0 saturated carbocycles. The number of fused-ring (bicyclic) bond motifs is 1. The van der Waals surface area contributed by atoms with E-state index in [1.54, 1.807) is 23.3 Å². The van der Waals surface area contributed by atoms with Crippen LogP contribution in [0.15, 0.2) is 4.79 Å². The Morgan fingerprint density at radius 3 is 2.50 bits per heavy atom. The molecule has 0 spiro atoms. The van der Waals surface area contributed by atoms with E-state index in [1.165, 1.54) is 0 Å². The highest BCUT2D eigenvalue weighted by Crippen LogP contribution is 2.17. The quantitative estimate of drug-likeness (QED) is 0.831. The molecule has 18 heavy (non-hydrogen) atoms. The normalized spacial score (nSPS) is 11.7. The fraction of sp³-hybridized carbons (Fsp3) is 0.615. The molecular weight excluding hydrogens is 228 g/mol. The second-order valence-electron chi connectivity index (χ2n) is 5.01. The van der Waals surface area contributed by atoms with Crippen molar-refractivity contribution in [2.75, 3.05) is 0 Å². The van der Waals surface area contributed by atoms with Crippen molar-refractivity contribution in [2.24, 2.45) is 14.1 Å². The van der Waals surface area contributed by atoms with Gasteiger partial charge in [-0.2, -0.15) is 5.10 Å². The van der Waals surface area contributed by atoms with E-state index >= 15 is 0 Å². The van der Waals surface area contributed by atoms with Gasteiger partial charge in [-0.25, -0.2) is 4.98 Å². The van der Waals surface area contributed by atoms with Crippen molar-refractivity contribution in [3.05, 3.63) is 21.9 Å². The van der Waals surface area contributed by atoms with E-state index in [2.05, 4.69) is 17.0 Å². The predicted molar refractivity (Wildman–Crippen MR) is 71.8 cm³/mol. The lowest BCUT2D eigenvalue weighted by molar-refractivity contribution is 0.670. The molecular formula is C13H20N4O. The van der Waals surface area contributed by atoms with E-state index in [4.69, 9.17) is 0 Å². The number of rotatable bonds is 3. The highest BCUT2D eigenvalue weighted by Gasteiger charge is 2.17. The van der Waals surface area contributed by atoms with E-state index in [9.17, 15) is 4.79 Å². The number of aryl methyl sites for hydroxylation is 2. The molecule has 0 aliphatic carbocycles. The zero-order chi connectivity index (χ0) is 13.4. The van der Waals surface area contributed by atoms with Gasteiger partial charge in [0.05, 0.1) is 5.69 Å². The van der Waals surface area contributed by atoms with Crippen molar-refractivity contribution in [3.63, 3.8) is 0 Å². The second kappa shape index (κ2) is 4.55. The van der Waals surface area contributed by atoms with E-state index in [0.717, 1.165) is 29.9 Å². The minimum atomic E-state index is -0.0129. The van der Waals surface area contributed by atoms with Crippen molar-refractivity contribution < 1.29 is 0 Å². The number of hydrogen-bond donors (Lipinski definition) is 0. The van der Waals surface area contributed by atoms with Crippen LogP contribution in [0.4, 0.5) is 0 Å². The summed E-state index contributed by atoms with van der Waals surface area (Å²) in [7, 11) is 3.58. The van der Waals surface area contributed by atoms with Gasteiger partial charge >= 0.3 is 0 Å². The summed E-state index contributed by atoms with van der Waals surface area (Å²) < 4.78 is 3.28. The maximum absolute atomic E-state index is 12.4. The van der Waals surface area contributed by atoms with Gasteiger partial charge in [-0.1, -0.05) is 27.2 Å². The van der Waals surface area contributed by atoms with Crippen molar-refractivity contribution >= 4 is 11.0 Å². The fourth-order valence-electron chi connectivity index (χ4n) is 2.30. The van der Waals surface area contributed by atoms with Crippen LogP contribution in [-0.2, 0) is 20.5 Å². The minimum Gasteiger partial charge on any atom is -0.298 e. The molecule has 98 valence electrons. The first-order valence-electron chi connectivity index (χ1n) is 6.39. The summed E-state index contributed by atoms with van der Waals surface area (Å²) in [5.74, 6) is 1.04. The van der Waals surface area contributed by atoms with Gasteiger partial charge in [-0.3, -0.25) is 14.0 Å². The SMILES string of the molecule is CCCc1nn(C)c2c(=O)n(C)c(C(C)C)nc12. The van der Waals surface area contributed by atoms with Crippen LogP contribution in [0.2, 0.25) is 0 Å². The van der Waals surface area contributed by atoms with Gasteiger partial charge < -0.3 is 0 Å². The fourth-order valence-corrected chi connectivity index (χ4v) is 2.30. The average molecular weight is 248 g/mol. The van der Waals surface area contributed by atoms with Crippen LogP contribution < -0.4 is 5.56 Å². The molecule has 2 aromatic rings. The molecule has 0 atom stereocenters. The molecule has 0 amide bonds. The molecule has 5 heteroatoms. The van der Waals surface area contributed by atoms with E-state index in [1.807, 2.05) is 13.8 Å². The van der Waals surface area contributed by atoms with E-state index < -0.39 is 0 Å². The Morgan fingerprint density at radius 2 is 1.94 bits per heavy atom. The molecule has 2 aromatic heterocycles. The topological polar surface area (TPSA) is 52.7 Å². The van der Waals surface area contributed by atoms with Crippen molar-refractivity contribution in [2.45, 2.75) is 39.5 Å². The molecule has 2 rings (SSSR count). The molecule has 0 radical (unpaired) electrons. The Labute approximate surface area is 106 Å². The summed E-state index contributed by atoms with van der Waals surface area (Å²) >= 11 is 0. The molecule has 0 unspecified atom stereocenters. The Kier molecular flexibility index (Phi) is 3.24. The Morgan fingerprint density at radius 1 is 1.28 bits per heavy atom. The van der Waals surface area contributed by atoms with Gasteiger partial charge in [0.15, 0.2) is 5.52 Å². The lowest BCUT2D eigenvalue weighted by atomic mass is 10.2. The van der Waals surface area contributed by atoms with Gasteiger partial charge in [-0.05, 0) is 6.42 Å². The van der Waals surface area contributed by atoms with Crippen molar-refractivity contribution in [3.8, 4) is 0 Å². The van der Waals surface area contributed by atoms with Crippen LogP contribution in [-0.4, -0.2) is 19.3 Å². The zero-order valence-electron chi connectivity index (χ0n) is 11.7. The molecule has 5 nitrogen and oxygen atoms in total. The smallest absolute Gasteiger partial charge is 0.279 e. The minimum absolute atomic E-state index is 0.0129. The van der Waals surface area contributed by atoms with Crippen molar-refractivity contribution in [1.82, 2.24) is 19.3 Å². The predicted octanol–water partition coefficient (Wildman–Crippen LogP) is 1.74. The van der Waals surface area contributed by atoms with Crippen molar-refractivity contribution in [1.29, 1.82) is 0 Å². The van der Waals surface area contributed by atoms with Gasteiger partial charge in [0, 0.05) is 20.0 Å². The number of hydrogen-bond acceptors (Lipinski definition) is 3. The van der Waals surface area contributed by atoms with Crippen LogP contribution >= 0.6 is 0 Å². The Bertz CT molecular complexity index is 636. The summed E-state index contributed by atoms with van der Waals surface area (Å²) in [6, 6.07) is 0. The zero-order valence-corrected chi connectivity index (χ0v) is 11.7. The third-order valence-electron chi connectivity index (χ3n) is 3.17. The van der Waals surface area contributed by atoms with Gasteiger partial charge in [0.1, 0.15) is 11.3 Å². The first-order chi connectivity index (χ1) is 8.47. The maximum atomic E-state index is 12.4. The lowest BCUT2D eigenvalue weighted by Gasteiger charge is -2.10. The third-order valence-corrected chi connectivity index (χ3v) is 3.17. The summed E-state index contributed by atoms with van der Waals surface area (Å²) in [5.41, 5.74) is 2.28. The highest BCUT2D eigenvalue weighted by molar-refractivity contribution is 5.76. The molecule has 0 aliphatic rings.